The lowest BCUT2D eigenvalue weighted by molar-refractivity contribution is -0.119. The third-order valence-electron chi connectivity index (χ3n) is 3.39. The fraction of sp³-hybridized carbons (Fsp3) is 0.111. The average Bonchev–Trinajstić information content (AvgIpc) is 3.37. The molecule has 0 bridgehead atoms. The van der Waals surface area contributed by atoms with Gasteiger partial charge >= 0.3 is 11.9 Å². The lowest BCUT2D eigenvalue weighted by atomic mass is 10.2. The number of amides is 1. The summed E-state index contributed by atoms with van der Waals surface area (Å²) in [5.74, 6) is -1.84. The van der Waals surface area contributed by atoms with Crippen molar-refractivity contribution in [3.8, 4) is 9.88 Å². The number of methoxy groups -OCH3 is 1. The Kier molecular flexibility index (Phi) is 5.94. The molecule has 138 valence electrons. The van der Waals surface area contributed by atoms with Gasteiger partial charge in [0.05, 0.1) is 23.2 Å². The molecule has 0 spiro atoms. The van der Waals surface area contributed by atoms with Gasteiger partial charge in [-0.3, -0.25) is 4.79 Å². The second-order valence-corrected chi connectivity index (χ2v) is 6.98. The molecule has 27 heavy (non-hydrogen) atoms. The Balaban J connectivity index is 1.58. The van der Waals surface area contributed by atoms with Gasteiger partial charge in [0, 0.05) is 5.38 Å². The van der Waals surface area contributed by atoms with Crippen LogP contribution < -0.4 is 5.32 Å². The lowest BCUT2D eigenvalue weighted by Crippen LogP contribution is -2.22. The maximum atomic E-state index is 12.1. The van der Waals surface area contributed by atoms with Crippen LogP contribution in [0.4, 0.5) is 5.69 Å². The van der Waals surface area contributed by atoms with E-state index in [2.05, 4.69) is 15.0 Å². The standard InChI is InChI=1S/C18H14N2O5S2/c1-24-17(22)11-5-2-3-6-12(11)19-15(21)9-25-18(23)13-10-27-16(20-13)14-7-4-8-26-14/h2-8,10H,9H2,1H3,(H,19,21). The molecule has 0 saturated carbocycles. The van der Waals surface area contributed by atoms with E-state index in [4.69, 9.17) is 4.74 Å². The molecule has 1 N–H and O–H groups in total. The molecule has 3 rings (SSSR count). The van der Waals surface area contributed by atoms with Crippen molar-refractivity contribution < 1.29 is 23.9 Å². The molecule has 0 unspecified atom stereocenters. The number of thiophene rings is 1. The summed E-state index contributed by atoms with van der Waals surface area (Å²) in [7, 11) is 1.25. The first kappa shape index (κ1) is 18.7. The highest BCUT2D eigenvalue weighted by molar-refractivity contribution is 7.20. The smallest absolute Gasteiger partial charge is 0.358 e. The normalized spacial score (nSPS) is 10.3. The van der Waals surface area contributed by atoms with Gasteiger partial charge in [0.1, 0.15) is 5.01 Å². The molecule has 0 aliphatic heterocycles. The van der Waals surface area contributed by atoms with Crippen molar-refractivity contribution >= 4 is 46.2 Å². The zero-order valence-electron chi connectivity index (χ0n) is 14.1. The van der Waals surface area contributed by atoms with Crippen LogP contribution in [0, 0.1) is 0 Å². The average molecular weight is 402 g/mol. The van der Waals surface area contributed by atoms with Gasteiger partial charge in [-0.2, -0.15) is 0 Å². The molecular weight excluding hydrogens is 388 g/mol. The van der Waals surface area contributed by atoms with Crippen molar-refractivity contribution in [1.29, 1.82) is 0 Å². The number of benzene rings is 1. The van der Waals surface area contributed by atoms with Gasteiger partial charge in [-0.25, -0.2) is 14.6 Å². The summed E-state index contributed by atoms with van der Waals surface area (Å²) < 4.78 is 9.67. The van der Waals surface area contributed by atoms with E-state index in [0.29, 0.717) is 5.01 Å². The van der Waals surface area contributed by atoms with Crippen molar-refractivity contribution in [2.24, 2.45) is 0 Å². The van der Waals surface area contributed by atoms with Gasteiger partial charge in [-0.1, -0.05) is 18.2 Å². The minimum atomic E-state index is -0.689. The third kappa shape index (κ3) is 4.57. The zero-order chi connectivity index (χ0) is 19.2. The fourth-order valence-corrected chi connectivity index (χ4v) is 3.76. The molecule has 9 heteroatoms. The van der Waals surface area contributed by atoms with Crippen molar-refractivity contribution in [2.75, 3.05) is 19.0 Å². The van der Waals surface area contributed by atoms with Gasteiger partial charge in [-0.05, 0) is 23.6 Å². The molecule has 0 radical (unpaired) electrons. The number of esters is 2. The van der Waals surface area contributed by atoms with Gasteiger partial charge in [0.2, 0.25) is 0 Å². The Bertz CT molecular complexity index is 966. The molecule has 2 aromatic heterocycles. The molecule has 0 atom stereocenters. The van der Waals surface area contributed by atoms with Crippen molar-refractivity contribution in [3.05, 3.63) is 58.4 Å². The van der Waals surface area contributed by atoms with E-state index in [1.807, 2.05) is 17.5 Å². The van der Waals surface area contributed by atoms with E-state index in [9.17, 15) is 14.4 Å². The minimum absolute atomic E-state index is 0.145. The van der Waals surface area contributed by atoms with Crippen molar-refractivity contribution in [3.63, 3.8) is 0 Å². The summed E-state index contributed by atoms with van der Waals surface area (Å²) in [6, 6.07) is 10.2. The highest BCUT2D eigenvalue weighted by Crippen LogP contribution is 2.28. The first-order valence-corrected chi connectivity index (χ1v) is 9.48. The Morgan fingerprint density at radius 2 is 1.89 bits per heavy atom. The molecule has 0 aliphatic rings. The monoisotopic (exact) mass is 402 g/mol. The Labute approximate surface area is 162 Å². The van der Waals surface area contributed by atoms with E-state index in [-0.39, 0.29) is 16.9 Å². The number of rotatable bonds is 6. The fourth-order valence-electron chi connectivity index (χ4n) is 2.15. The SMILES string of the molecule is COC(=O)c1ccccc1NC(=O)COC(=O)c1csc(-c2cccs2)n1. The van der Waals surface area contributed by atoms with E-state index < -0.39 is 24.5 Å². The topological polar surface area (TPSA) is 94.6 Å². The summed E-state index contributed by atoms with van der Waals surface area (Å²) in [5, 5.41) is 6.75. The maximum Gasteiger partial charge on any atom is 0.358 e. The van der Waals surface area contributed by atoms with E-state index in [1.165, 1.54) is 35.8 Å². The summed E-state index contributed by atoms with van der Waals surface area (Å²) in [6.07, 6.45) is 0. The van der Waals surface area contributed by atoms with Crippen LogP contribution >= 0.6 is 22.7 Å². The number of carbonyl (C=O) groups is 3. The molecule has 3 aromatic rings. The number of aromatic nitrogens is 1. The molecule has 7 nitrogen and oxygen atoms in total. The van der Waals surface area contributed by atoms with Crippen molar-refractivity contribution in [1.82, 2.24) is 4.98 Å². The first-order chi connectivity index (χ1) is 13.1. The summed E-state index contributed by atoms with van der Waals surface area (Å²) >= 11 is 2.85. The number of nitrogens with zero attached hydrogens (tertiary/aromatic N) is 1. The predicted molar refractivity (Wildman–Crippen MR) is 102 cm³/mol. The number of nitrogens with one attached hydrogen (secondary N) is 1. The third-order valence-corrected chi connectivity index (χ3v) is 5.27. The van der Waals surface area contributed by atoms with Crippen LogP contribution in [0.25, 0.3) is 9.88 Å². The quantitative estimate of drug-likeness (QED) is 0.635. The van der Waals surface area contributed by atoms with Crippen LogP contribution in [0.2, 0.25) is 0 Å². The largest absolute Gasteiger partial charge is 0.465 e. The Hall–Kier alpha value is -3.04. The predicted octanol–water partition coefficient (Wildman–Crippen LogP) is 3.45. The molecular formula is C18H14N2O5S2. The number of hydrogen-bond acceptors (Lipinski definition) is 8. The van der Waals surface area contributed by atoms with Crippen LogP contribution in [-0.2, 0) is 14.3 Å². The van der Waals surface area contributed by atoms with Crippen molar-refractivity contribution in [2.45, 2.75) is 0 Å². The van der Waals surface area contributed by atoms with E-state index >= 15 is 0 Å². The molecule has 1 aromatic carbocycles. The second-order valence-electron chi connectivity index (χ2n) is 5.18. The summed E-state index contributed by atoms with van der Waals surface area (Å²) in [4.78, 5) is 41.0. The second kappa shape index (κ2) is 8.56. The van der Waals surface area contributed by atoms with Crippen LogP contribution in [0.15, 0.2) is 47.2 Å². The number of thiazole rings is 1. The van der Waals surface area contributed by atoms with Gasteiger partial charge in [-0.15, -0.1) is 22.7 Å². The van der Waals surface area contributed by atoms with Gasteiger partial charge in [0.15, 0.2) is 12.3 Å². The summed E-state index contributed by atoms with van der Waals surface area (Å²) in [5.41, 5.74) is 0.630. The number of carbonyl (C=O) groups excluding carboxylic acids is 3. The maximum absolute atomic E-state index is 12.1. The molecule has 0 aliphatic carbocycles. The molecule has 0 fully saturated rings. The number of hydrogen-bond donors (Lipinski definition) is 1. The highest BCUT2D eigenvalue weighted by Gasteiger charge is 2.17. The Morgan fingerprint density at radius 1 is 1.07 bits per heavy atom. The lowest BCUT2D eigenvalue weighted by Gasteiger charge is -2.09. The first-order valence-electron chi connectivity index (χ1n) is 7.72. The van der Waals surface area contributed by atoms with Crippen LogP contribution in [0.1, 0.15) is 20.8 Å². The number of para-hydroxylation sites is 1. The molecule has 1 amide bonds. The van der Waals surface area contributed by atoms with Gasteiger partial charge in [0.25, 0.3) is 5.91 Å². The minimum Gasteiger partial charge on any atom is -0.465 e. The van der Waals surface area contributed by atoms with Crippen LogP contribution in [0.3, 0.4) is 0 Å². The van der Waals surface area contributed by atoms with E-state index in [1.54, 1.807) is 23.6 Å². The number of ether oxygens (including phenoxy) is 2. The highest BCUT2D eigenvalue weighted by atomic mass is 32.1. The van der Waals surface area contributed by atoms with Gasteiger partial charge < -0.3 is 14.8 Å². The molecule has 0 saturated heterocycles. The Morgan fingerprint density at radius 3 is 2.63 bits per heavy atom. The van der Waals surface area contributed by atoms with Crippen LogP contribution in [-0.4, -0.2) is 36.5 Å². The summed E-state index contributed by atoms with van der Waals surface area (Å²) in [6.45, 7) is -0.500. The number of anilines is 1. The van der Waals surface area contributed by atoms with E-state index in [0.717, 1.165) is 4.88 Å². The molecule has 2 heterocycles. The van der Waals surface area contributed by atoms with Crippen LogP contribution in [0.5, 0.6) is 0 Å². The zero-order valence-corrected chi connectivity index (χ0v) is 15.8.